The number of nitrogens with zero attached hydrogens (tertiary/aromatic N) is 1. The summed E-state index contributed by atoms with van der Waals surface area (Å²) in [6.45, 7) is 0.526. The molecule has 1 heterocycles. The number of sulfonamides is 1. The van der Waals surface area contributed by atoms with Gasteiger partial charge >= 0.3 is 0 Å². The highest BCUT2D eigenvalue weighted by molar-refractivity contribution is 7.89. The van der Waals surface area contributed by atoms with Gasteiger partial charge in [-0.25, -0.2) is 13.6 Å². The number of nitrogens with one attached hydrogen (secondary N) is 1. The Bertz CT molecular complexity index is 688. The number of halogens is 1. The van der Waals surface area contributed by atoms with Crippen LogP contribution in [0.1, 0.15) is 6.42 Å². The van der Waals surface area contributed by atoms with E-state index in [4.69, 9.17) is 16.7 Å². The smallest absolute Gasteiger partial charge is 0.209 e. The standard InChI is InChI=1S/C12H14ClN3O2S/c13-9-2-3-10-11(4-6-16-12(10)8-9)15-5-1-7-19(14,17)18/h2-4,6,8H,1,5,7H2,(H,15,16)(H2,14,17,18). The number of benzene rings is 1. The van der Waals surface area contributed by atoms with Crippen LogP contribution in [0.2, 0.25) is 5.02 Å². The van der Waals surface area contributed by atoms with Crippen molar-refractivity contribution in [2.45, 2.75) is 6.42 Å². The van der Waals surface area contributed by atoms with E-state index < -0.39 is 10.0 Å². The first-order valence-corrected chi connectivity index (χ1v) is 7.84. The third kappa shape index (κ3) is 4.05. The van der Waals surface area contributed by atoms with Gasteiger partial charge in [-0.05, 0) is 30.7 Å². The molecule has 0 amide bonds. The minimum absolute atomic E-state index is 0.0329. The molecule has 0 saturated carbocycles. The summed E-state index contributed by atoms with van der Waals surface area (Å²) in [5.74, 6) is -0.0329. The lowest BCUT2D eigenvalue weighted by atomic mass is 10.2. The van der Waals surface area contributed by atoms with Gasteiger partial charge in [0.05, 0.1) is 11.3 Å². The third-order valence-electron chi connectivity index (χ3n) is 2.63. The molecule has 102 valence electrons. The fourth-order valence-electron chi connectivity index (χ4n) is 1.77. The zero-order valence-corrected chi connectivity index (χ0v) is 11.7. The van der Waals surface area contributed by atoms with Crippen LogP contribution in [0.5, 0.6) is 0 Å². The van der Waals surface area contributed by atoms with E-state index >= 15 is 0 Å². The zero-order valence-electron chi connectivity index (χ0n) is 10.1. The van der Waals surface area contributed by atoms with Gasteiger partial charge in [-0.15, -0.1) is 0 Å². The fourth-order valence-corrected chi connectivity index (χ4v) is 2.48. The second-order valence-electron chi connectivity index (χ2n) is 4.17. The van der Waals surface area contributed by atoms with Crippen LogP contribution in [0.25, 0.3) is 10.9 Å². The summed E-state index contributed by atoms with van der Waals surface area (Å²) in [7, 11) is -3.40. The zero-order chi connectivity index (χ0) is 13.9. The number of anilines is 1. The highest BCUT2D eigenvalue weighted by Crippen LogP contribution is 2.24. The number of hydrogen-bond acceptors (Lipinski definition) is 4. The molecule has 5 nitrogen and oxygen atoms in total. The second-order valence-corrected chi connectivity index (χ2v) is 6.34. The van der Waals surface area contributed by atoms with Gasteiger partial charge < -0.3 is 5.32 Å². The van der Waals surface area contributed by atoms with Crippen LogP contribution in [0.3, 0.4) is 0 Å². The summed E-state index contributed by atoms with van der Waals surface area (Å²) in [6.07, 6.45) is 2.14. The Morgan fingerprint density at radius 2 is 2.11 bits per heavy atom. The first kappa shape index (κ1) is 14.0. The quantitative estimate of drug-likeness (QED) is 0.827. The van der Waals surface area contributed by atoms with Gasteiger partial charge in [0, 0.05) is 28.8 Å². The molecule has 7 heteroatoms. The maximum atomic E-state index is 10.8. The summed E-state index contributed by atoms with van der Waals surface area (Å²) in [5.41, 5.74) is 1.69. The molecule has 0 aliphatic carbocycles. The molecule has 0 spiro atoms. The molecule has 2 aromatic rings. The van der Waals surface area contributed by atoms with E-state index in [1.807, 2.05) is 12.1 Å². The summed E-state index contributed by atoms with van der Waals surface area (Å²) < 4.78 is 21.6. The number of pyridine rings is 1. The summed E-state index contributed by atoms with van der Waals surface area (Å²) >= 11 is 5.91. The number of aromatic nitrogens is 1. The molecule has 0 fully saturated rings. The number of primary sulfonamides is 1. The van der Waals surface area contributed by atoms with Gasteiger partial charge in [0.1, 0.15) is 0 Å². The summed E-state index contributed by atoms with van der Waals surface area (Å²) in [5, 5.41) is 9.70. The lowest BCUT2D eigenvalue weighted by Gasteiger charge is -2.09. The Labute approximate surface area is 116 Å². The Morgan fingerprint density at radius 3 is 2.84 bits per heavy atom. The Hall–Kier alpha value is -1.37. The van der Waals surface area contributed by atoms with E-state index in [0.29, 0.717) is 18.0 Å². The van der Waals surface area contributed by atoms with Crippen LogP contribution in [-0.4, -0.2) is 25.7 Å². The number of rotatable bonds is 5. The third-order valence-corrected chi connectivity index (χ3v) is 3.72. The van der Waals surface area contributed by atoms with Crippen LogP contribution in [0.15, 0.2) is 30.5 Å². The first-order valence-electron chi connectivity index (χ1n) is 5.74. The van der Waals surface area contributed by atoms with E-state index in [1.165, 1.54) is 0 Å². The molecular formula is C12H14ClN3O2S. The molecule has 0 unspecified atom stereocenters. The lowest BCUT2D eigenvalue weighted by molar-refractivity contribution is 0.596. The van der Waals surface area contributed by atoms with E-state index in [9.17, 15) is 8.42 Å². The predicted molar refractivity (Wildman–Crippen MR) is 77.8 cm³/mol. The lowest BCUT2D eigenvalue weighted by Crippen LogP contribution is -2.18. The first-order chi connectivity index (χ1) is 8.96. The fraction of sp³-hybridized carbons (Fsp3) is 0.250. The number of hydrogen-bond donors (Lipinski definition) is 2. The van der Waals surface area contributed by atoms with Crippen LogP contribution in [0, 0.1) is 0 Å². The molecule has 1 aromatic heterocycles. The van der Waals surface area contributed by atoms with Crippen molar-refractivity contribution in [2.24, 2.45) is 5.14 Å². The molecular weight excluding hydrogens is 286 g/mol. The van der Waals surface area contributed by atoms with Gasteiger partial charge in [-0.1, -0.05) is 11.6 Å². The summed E-state index contributed by atoms with van der Waals surface area (Å²) in [6, 6.07) is 7.30. The van der Waals surface area contributed by atoms with Gasteiger partial charge in [0.25, 0.3) is 0 Å². The van der Waals surface area contributed by atoms with Crippen molar-refractivity contribution in [3.05, 3.63) is 35.5 Å². The minimum atomic E-state index is -3.40. The number of nitrogens with two attached hydrogens (primary N) is 1. The SMILES string of the molecule is NS(=O)(=O)CCCNc1ccnc2cc(Cl)ccc12. The van der Waals surface area contributed by atoms with Crippen LogP contribution < -0.4 is 10.5 Å². The monoisotopic (exact) mass is 299 g/mol. The Morgan fingerprint density at radius 1 is 1.32 bits per heavy atom. The highest BCUT2D eigenvalue weighted by Gasteiger charge is 2.04. The van der Waals surface area contributed by atoms with Crippen molar-refractivity contribution in [2.75, 3.05) is 17.6 Å². The van der Waals surface area contributed by atoms with E-state index in [0.717, 1.165) is 16.6 Å². The molecule has 3 N–H and O–H groups in total. The van der Waals surface area contributed by atoms with Gasteiger partial charge in [-0.3, -0.25) is 4.98 Å². The molecule has 0 atom stereocenters. The number of fused-ring (bicyclic) bond motifs is 1. The summed E-state index contributed by atoms with van der Waals surface area (Å²) in [4.78, 5) is 4.23. The minimum Gasteiger partial charge on any atom is -0.384 e. The van der Waals surface area contributed by atoms with Crippen molar-refractivity contribution in [3.8, 4) is 0 Å². The van der Waals surface area contributed by atoms with E-state index in [2.05, 4.69) is 10.3 Å². The Kier molecular flexibility index (Phi) is 4.24. The van der Waals surface area contributed by atoms with Crippen molar-refractivity contribution in [3.63, 3.8) is 0 Å². The van der Waals surface area contributed by atoms with Gasteiger partial charge in [0.2, 0.25) is 10.0 Å². The molecule has 1 aromatic carbocycles. The molecule has 0 saturated heterocycles. The predicted octanol–water partition coefficient (Wildman–Crippen LogP) is 1.98. The maximum absolute atomic E-state index is 10.8. The molecule has 2 rings (SSSR count). The van der Waals surface area contributed by atoms with Crippen LogP contribution >= 0.6 is 11.6 Å². The normalized spacial score (nSPS) is 11.7. The van der Waals surface area contributed by atoms with E-state index in [-0.39, 0.29) is 5.75 Å². The molecule has 0 aliphatic heterocycles. The molecule has 0 aliphatic rings. The van der Waals surface area contributed by atoms with Crippen molar-refractivity contribution < 1.29 is 8.42 Å². The highest BCUT2D eigenvalue weighted by atomic mass is 35.5. The van der Waals surface area contributed by atoms with Gasteiger partial charge in [0.15, 0.2) is 0 Å². The van der Waals surface area contributed by atoms with Crippen molar-refractivity contribution in [1.82, 2.24) is 4.98 Å². The van der Waals surface area contributed by atoms with Crippen LogP contribution in [-0.2, 0) is 10.0 Å². The van der Waals surface area contributed by atoms with Gasteiger partial charge in [-0.2, -0.15) is 0 Å². The van der Waals surface area contributed by atoms with Crippen LogP contribution in [0.4, 0.5) is 5.69 Å². The topological polar surface area (TPSA) is 85.1 Å². The molecule has 0 radical (unpaired) electrons. The Balaban J connectivity index is 2.09. The van der Waals surface area contributed by atoms with Crippen molar-refractivity contribution in [1.29, 1.82) is 0 Å². The van der Waals surface area contributed by atoms with Crippen molar-refractivity contribution >= 4 is 38.2 Å². The largest absolute Gasteiger partial charge is 0.384 e. The average molecular weight is 300 g/mol. The molecule has 0 bridgehead atoms. The molecule has 19 heavy (non-hydrogen) atoms. The van der Waals surface area contributed by atoms with E-state index in [1.54, 1.807) is 18.3 Å². The maximum Gasteiger partial charge on any atom is 0.209 e. The average Bonchev–Trinajstić information content (AvgIpc) is 2.33. The second kappa shape index (κ2) is 5.73.